The van der Waals surface area contributed by atoms with Crippen LogP contribution in [0.3, 0.4) is 0 Å². The van der Waals surface area contributed by atoms with Gasteiger partial charge in [-0.3, -0.25) is 0 Å². The van der Waals surface area contributed by atoms with E-state index in [2.05, 4.69) is 18.2 Å². The maximum Gasteiger partial charge on any atom is 0.0503 e. The van der Waals surface area contributed by atoms with E-state index in [0.717, 1.165) is 12.1 Å². The Morgan fingerprint density at radius 1 is 1.13 bits per heavy atom. The smallest absolute Gasteiger partial charge is 0.0503 e. The molecule has 0 saturated heterocycles. The van der Waals surface area contributed by atoms with Gasteiger partial charge >= 0.3 is 0 Å². The molecule has 0 aliphatic heterocycles. The number of methoxy groups -OCH3 is 1. The molecule has 0 aliphatic carbocycles. The van der Waals surface area contributed by atoms with Crippen molar-refractivity contribution in [2.24, 2.45) is 0 Å². The molecule has 2 aromatic rings. The number of nitrogens with two attached hydrogens (primary N) is 1. The van der Waals surface area contributed by atoms with Crippen LogP contribution < -0.4 is 5.73 Å². The van der Waals surface area contributed by atoms with Gasteiger partial charge in [0.15, 0.2) is 0 Å². The Morgan fingerprint density at radius 3 is 2.73 bits per heavy atom. The van der Waals surface area contributed by atoms with Crippen molar-refractivity contribution < 1.29 is 4.74 Å². The highest BCUT2D eigenvalue weighted by Gasteiger charge is 2.04. The summed E-state index contributed by atoms with van der Waals surface area (Å²) in [6, 6.07) is 12.3. The van der Waals surface area contributed by atoms with Crippen LogP contribution in [0.5, 0.6) is 0 Å². The number of hydrogen-bond acceptors (Lipinski definition) is 2. The highest BCUT2D eigenvalue weighted by atomic mass is 16.5. The zero-order valence-electron chi connectivity index (χ0n) is 8.86. The number of anilines is 1. The maximum atomic E-state index is 5.97. The monoisotopic (exact) mass is 201 g/mol. The Balaban J connectivity index is 2.53. The number of ether oxygens (including phenoxy) is 1. The molecule has 0 aromatic heterocycles. The molecule has 0 aliphatic rings. The fourth-order valence-electron chi connectivity index (χ4n) is 1.84. The Morgan fingerprint density at radius 2 is 1.93 bits per heavy atom. The van der Waals surface area contributed by atoms with E-state index < -0.39 is 0 Å². The second kappa shape index (κ2) is 4.32. The second-order valence-electron chi connectivity index (χ2n) is 3.60. The van der Waals surface area contributed by atoms with Crippen LogP contribution in [0.2, 0.25) is 0 Å². The molecule has 2 rings (SSSR count). The number of rotatable bonds is 3. The predicted molar refractivity (Wildman–Crippen MR) is 63.9 cm³/mol. The Hall–Kier alpha value is -1.54. The molecule has 0 bridgehead atoms. The van der Waals surface area contributed by atoms with Gasteiger partial charge in [-0.2, -0.15) is 0 Å². The molecule has 0 amide bonds. The lowest BCUT2D eigenvalue weighted by Crippen LogP contribution is -2.00. The van der Waals surface area contributed by atoms with E-state index in [4.69, 9.17) is 10.5 Å². The van der Waals surface area contributed by atoms with Crippen molar-refractivity contribution in [3.05, 3.63) is 42.0 Å². The molecule has 2 aromatic carbocycles. The summed E-state index contributed by atoms with van der Waals surface area (Å²) in [4.78, 5) is 0. The van der Waals surface area contributed by atoms with Crippen molar-refractivity contribution in [1.82, 2.24) is 0 Å². The molecular formula is C13H15NO. The summed E-state index contributed by atoms with van der Waals surface area (Å²) in [6.07, 6.45) is 0.865. The Kier molecular flexibility index (Phi) is 2.88. The fraction of sp³-hybridized carbons (Fsp3) is 0.231. The summed E-state index contributed by atoms with van der Waals surface area (Å²) < 4.78 is 5.09. The van der Waals surface area contributed by atoms with Crippen LogP contribution in [-0.2, 0) is 11.2 Å². The molecule has 2 heteroatoms. The lowest BCUT2D eigenvalue weighted by atomic mass is 10.0. The summed E-state index contributed by atoms with van der Waals surface area (Å²) in [7, 11) is 1.71. The van der Waals surface area contributed by atoms with Crippen LogP contribution in [0.4, 0.5) is 5.69 Å². The average molecular weight is 201 g/mol. The minimum atomic E-state index is 0.707. The third-order valence-electron chi connectivity index (χ3n) is 2.63. The van der Waals surface area contributed by atoms with Crippen molar-refractivity contribution in [3.63, 3.8) is 0 Å². The lowest BCUT2D eigenvalue weighted by molar-refractivity contribution is 0.202. The number of benzene rings is 2. The summed E-state index contributed by atoms with van der Waals surface area (Å²) in [5.74, 6) is 0. The summed E-state index contributed by atoms with van der Waals surface area (Å²) in [5.41, 5.74) is 8.01. The van der Waals surface area contributed by atoms with Gasteiger partial charge in [0.25, 0.3) is 0 Å². The van der Waals surface area contributed by atoms with Gasteiger partial charge in [-0.15, -0.1) is 0 Å². The molecule has 0 radical (unpaired) electrons. The van der Waals surface area contributed by atoms with E-state index in [1.165, 1.54) is 16.3 Å². The topological polar surface area (TPSA) is 35.2 Å². The van der Waals surface area contributed by atoms with Crippen LogP contribution in [0.15, 0.2) is 36.4 Å². The standard InChI is InChI=1S/C13H15NO/c1-15-9-8-12-11-5-3-2-4-10(11)6-7-13(12)14/h2-7H,8-9,14H2,1H3. The van der Waals surface area contributed by atoms with Gasteiger partial charge in [0, 0.05) is 12.8 Å². The third-order valence-corrected chi connectivity index (χ3v) is 2.63. The maximum absolute atomic E-state index is 5.97. The average Bonchev–Trinajstić information content (AvgIpc) is 2.28. The Labute approximate surface area is 89.7 Å². The molecule has 15 heavy (non-hydrogen) atoms. The van der Waals surface area contributed by atoms with Gasteiger partial charge in [-0.1, -0.05) is 30.3 Å². The minimum absolute atomic E-state index is 0.707. The number of nitrogen functional groups attached to an aromatic ring is 1. The first-order chi connectivity index (χ1) is 7.33. The van der Waals surface area contributed by atoms with E-state index in [1.807, 2.05) is 18.2 Å². The van der Waals surface area contributed by atoms with E-state index in [0.29, 0.717) is 6.61 Å². The van der Waals surface area contributed by atoms with Crippen molar-refractivity contribution in [2.75, 3.05) is 19.5 Å². The molecule has 0 fully saturated rings. The molecule has 0 saturated carbocycles. The third kappa shape index (κ3) is 1.95. The zero-order valence-corrected chi connectivity index (χ0v) is 8.86. The molecule has 0 heterocycles. The van der Waals surface area contributed by atoms with Gasteiger partial charge in [-0.25, -0.2) is 0 Å². The van der Waals surface area contributed by atoms with E-state index in [9.17, 15) is 0 Å². The van der Waals surface area contributed by atoms with E-state index in [1.54, 1.807) is 7.11 Å². The quantitative estimate of drug-likeness (QED) is 0.775. The number of fused-ring (bicyclic) bond motifs is 1. The minimum Gasteiger partial charge on any atom is -0.398 e. The Bertz CT molecular complexity index is 465. The highest BCUT2D eigenvalue weighted by Crippen LogP contribution is 2.24. The van der Waals surface area contributed by atoms with Crippen LogP contribution in [0, 0.1) is 0 Å². The molecule has 0 spiro atoms. The van der Waals surface area contributed by atoms with E-state index in [-0.39, 0.29) is 0 Å². The van der Waals surface area contributed by atoms with Crippen molar-refractivity contribution in [2.45, 2.75) is 6.42 Å². The SMILES string of the molecule is COCCc1c(N)ccc2ccccc12. The summed E-state index contributed by atoms with van der Waals surface area (Å²) >= 11 is 0. The van der Waals surface area contributed by atoms with Crippen molar-refractivity contribution >= 4 is 16.5 Å². The van der Waals surface area contributed by atoms with Crippen LogP contribution >= 0.6 is 0 Å². The lowest BCUT2D eigenvalue weighted by Gasteiger charge is -2.09. The van der Waals surface area contributed by atoms with Gasteiger partial charge in [0.05, 0.1) is 6.61 Å². The first-order valence-corrected chi connectivity index (χ1v) is 5.08. The molecule has 0 atom stereocenters. The first-order valence-electron chi connectivity index (χ1n) is 5.08. The molecule has 2 nitrogen and oxygen atoms in total. The van der Waals surface area contributed by atoms with Crippen LogP contribution in [0.1, 0.15) is 5.56 Å². The normalized spacial score (nSPS) is 10.7. The molecule has 2 N–H and O–H groups in total. The molecular weight excluding hydrogens is 186 g/mol. The van der Waals surface area contributed by atoms with Crippen LogP contribution in [-0.4, -0.2) is 13.7 Å². The zero-order chi connectivity index (χ0) is 10.7. The summed E-state index contributed by atoms with van der Waals surface area (Å²) in [5, 5.41) is 2.47. The first kappa shape index (κ1) is 9.99. The van der Waals surface area contributed by atoms with Crippen molar-refractivity contribution in [3.8, 4) is 0 Å². The molecule has 0 unspecified atom stereocenters. The van der Waals surface area contributed by atoms with E-state index >= 15 is 0 Å². The van der Waals surface area contributed by atoms with Crippen LogP contribution in [0.25, 0.3) is 10.8 Å². The number of hydrogen-bond donors (Lipinski definition) is 1. The second-order valence-corrected chi connectivity index (χ2v) is 3.60. The predicted octanol–water partition coefficient (Wildman–Crippen LogP) is 2.61. The highest BCUT2D eigenvalue weighted by molar-refractivity contribution is 5.89. The van der Waals surface area contributed by atoms with Gasteiger partial charge in [0.1, 0.15) is 0 Å². The van der Waals surface area contributed by atoms with Gasteiger partial charge in [0.2, 0.25) is 0 Å². The summed E-state index contributed by atoms with van der Waals surface area (Å²) in [6.45, 7) is 0.707. The molecule has 78 valence electrons. The van der Waals surface area contributed by atoms with Crippen molar-refractivity contribution in [1.29, 1.82) is 0 Å². The largest absolute Gasteiger partial charge is 0.398 e. The fourth-order valence-corrected chi connectivity index (χ4v) is 1.84. The van der Waals surface area contributed by atoms with Gasteiger partial charge in [-0.05, 0) is 28.8 Å². The van der Waals surface area contributed by atoms with Gasteiger partial charge < -0.3 is 10.5 Å².